The molecule has 122 valence electrons. The molecule has 0 spiro atoms. The van der Waals surface area contributed by atoms with Crippen molar-refractivity contribution in [1.82, 2.24) is 10.2 Å². The largest absolute Gasteiger partial charge is 0.444 e. The summed E-state index contributed by atoms with van der Waals surface area (Å²) in [4.78, 5) is 26.0. The summed E-state index contributed by atoms with van der Waals surface area (Å²) in [6.45, 7) is 7.49. The maximum Gasteiger partial charge on any atom is 0.410 e. The number of carbonyl (C=O) groups excluding carboxylic acids is 2. The third-order valence-electron chi connectivity index (χ3n) is 3.40. The van der Waals surface area contributed by atoms with Crippen molar-refractivity contribution in [1.29, 1.82) is 0 Å². The third-order valence-corrected chi connectivity index (χ3v) is 3.40. The van der Waals surface area contributed by atoms with Gasteiger partial charge in [-0.05, 0) is 33.3 Å². The van der Waals surface area contributed by atoms with E-state index in [0.717, 1.165) is 5.56 Å². The van der Waals surface area contributed by atoms with Gasteiger partial charge in [-0.3, -0.25) is 4.79 Å². The average Bonchev–Trinajstić information content (AvgIpc) is 2.45. The lowest BCUT2D eigenvalue weighted by Gasteiger charge is -2.33. The third kappa shape index (κ3) is 4.48. The Morgan fingerprint density at radius 3 is 2.14 bits per heavy atom. The second kappa shape index (κ2) is 6.81. The van der Waals surface area contributed by atoms with Gasteiger partial charge in [0, 0.05) is 20.6 Å². The minimum absolute atomic E-state index is 0.144. The summed E-state index contributed by atoms with van der Waals surface area (Å²) in [5.74, 6) is -0.144. The highest BCUT2D eigenvalue weighted by Gasteiger charge is 2.37. The van der Waals surface area contributed by atoms with Gasteiger partial charge in [-0.1, -0.05) is 30.3 Å². The number of hydrogen-bond acceptors (Lipinski definition) is 3. The van der Waals surface area contributed by atoms with Crippen LogP contribution in [0.15, 0.2) is 30.3 Å². The monoisotopic (exact) mass is 306 g/mol. The number of ether oxygens (including phenoxy) is 1. The van der Waals surface area contributed by atoms with E-state index in [4.69, 9.17) is 4.74 Å². The molecule has 0 aliphatic heterocycles. The molecule has 1 aromatic rings. The van der Waals surface area contributed by atoms with Crippen LogP contribution in [0, 0.1) is 0 Å². The van der Waals surface area contributed by atoms with Gasteiger partial charge in [0.2, 0.25) is 5.91 Å². The number of benzene rings is 1. The first kappa shape index (κ1) is 18.0. The summed E-state index contributed by atoms with van der Waals surface area (Å²) in [5, 5.41) is 2.68. The van der Waals surface area contributed by atoms with Gasteiger partial charge in [0.1, 0.15) is 5.60 Å². The Hall–Kier alpha value is -2.04. The SMILES string of the molecule is CNC(=O)C(C)(CN(C)C(=O)OC(C)(C)C)c1ccccc1. The van der Waals surface area contributed by atoms with Crippen molar-refractivity contribution in [2.45, 2.75) is 38.7 Å². The van der Waals surface area contributed by atoms with Crippen LogP contribution >= 0.6 is 0 Å². The molecule has 0 saturated carbocycles. The lowest BCUT2D eigenvalue weighted by atomic mass is 9.81. The van der Waals surface area contributed by atoms with Crippen LogP contribution < -0.4 is 5.32 Å². The van der Waals surface area contributed by atoms with E-state index in [1.54, 1.807) is 14.1 Å². The van der Waals surface area contributed by atoms with E-state index in [0.29, 0.717) is 0 Å². The van der Waals surface area contributed by atoms with Crippen LogP contribution in [-0.2, 0) is 14.9 Å². The fourth-order valence-corrected chi connectivity index (χ4v) is 2.25. The summed E-state index contributed by atoms with van der Waals surface area (Å²) >= 11 is 0. The lowest BCUT2D eigenvalue weighted by molar-refractivity contribution is -0.126. The molecule has 5 nitrogen and oxygen atoms in total. The zero-order valence-corrected chi connectivity index (χ0v) is 14.3. The van der Waals surface area contributed by atoms with Crippen molar-refractivity contribution < 1.29 is 14.3 Å². The predicted molar refractivity (Wildman–Crippen MR) is 86.7 cm³/mol. The number of likely N-dealkylation sites (N-methyl/N-ethyl adjacent to an activating group) is 2. The number of carbonyl (C=O) groups is 2. The van der Waals surface area contributed by atoms with Crippen LogP contribution in [0.1, 0.15) is 33.3 Å². The van der Waals surface area contributed by atoms with Crippen LogP contribution in [0.3, 0.4) is 0 Å². The van der Waals surface area contributed by atoms with E-state index in [1.165, 1.54) is 4.90 Å². The molecular formula is C17H26N2O3. The second-order valence-corrected chi connectivity index (χ2v) is 6.61. The smallest absolute Gasteiger partial charge is 0.410 e. The molecule has 1 aromatic carbocycles. The standard InChI is InChI=1S/C17H26N2O3/c1-16(2,3)22-15(21)19(6)12-17(4,14(20)18-5)13-10-8-7-9-11-13/h7-11H,12H2,1-6H3,(H,18,20). The topological polar surface area (TPSA) is 58.6 Å². The Balaban J connectivity index is 3.00. The minimum atomic E-state index is -0.846. The summed E-state index contributed by atoms with van der Waals surface area (Å²) in [7, 11) is 3.23. The molecule has 0 aromatic heterocycles. The first-order chi connectivity index (χ1) is 10.1. The van der Waals surface area contributed by atoms with Crippen molar-refractivity contribution in [2.75, 3.05) is 20.6 Å². The zero-order chi connectivity index (χ0) is 17.0. The van der Waals surface area contributed by atoms with E-state index in [9.17, 15) is 9.59 Å². The van der Waals surface area contributed by atoms with Crippen molar-refractivity contribution >= 4 is 12.0 Å². The zero-order valence-electron chi connectivity index (χ0n) is 14.3. The number of nitrogens with one attached hydrogen (secondary N) is 1. The summed E-state index contributed by atoms with van der Waals surface area (Å²) < 4.78 is 5.35. The molecule has 0 aliphatic rings. The Kier molecular flexibility index (Phi) is 5.58. The molecule has 1 N–H and O–H groups in total. The van der Waals surface area contributed by atoms with E-state index in [-0.39, 0.29) is 12.5 Å². The summed E-state index contributed by atoms with van der Waals surface area (Å²) in [6.07, 6.45) is -0.446. The molecule has 2 amide bonds. The van der Waals surface area contributed by atoms with Crippen LogP contribution in [0.2, 0.25) is 0 Å². The van der Waals surface area contributed by atoms with Crippen LogP contribution in [0.25, 0.3) is 0 Å². The maximum absolute atomic E-state index is 12.4. The first-order valence-electron chi connectivity index (χ1n) is 7.32. The molecule has 1 rings (SSSR count). The Morgan fingerprint density at radius 1 is 1.14 bits per heavy atom. The van der Waals surface area contributed by atoms with Gasteiger partial charge < -0.3 is 15.0 Å². The highest BCUT2D eigenvalue weighted by atomic mass is 16.6. The van der Waals surface area contributed by atoms with Gasteiger partial charge in [-0.25, -0.2) is 4.79 Å². The van der Waals surface area contributed by atoms with Crippen molar-refractivity contribution in [3.8, 4) is 0 Å². The van der Waals surface area contributed by atoms with E-state index in [1.807, 2.05) is 58.0 Å². The Bertz CT molecular complexity index is 522. The molecule has 0 fully saturated rings. The first-order valence-corrected chi connectivity index (χ1v) is 7.32. The van der Waals surface area contributed by atoms with Gasteiger partial charge in [-0.15, -0.1) is 0 Å². The molecule has 0 radical (unpaired) electrons. The molecule has 1 unspecified atom stereocenters. The highest BCUT2D eigenvalue weighted by molar-refractivity contribution is 5.88. The number of hydrogen-bond donors (Lipinski definition) is 1. The van der Waals surface area contributed by atoms with Crippen molar-refractivity contribution in [3.63, 3.8) is 0 Å². The van der Waals surface area contributed by atoms with Crippen molar-refractivity contribution in [3.05, 3.63) is 35.9 Å². The highest BCUT2D eigenvalue weighted by Crippen LogP contribution is 2.25. The van der Waals surface area contributed by atoms with Crippen LogP contribution in [0.5, 0.6) is 0 Å². The molecule has 0 heterocycles. The van der Waals surface area contributed by atoms with E-state index < -0.39 is 17.1 Å². The van der Waals surface area contributed by atoms with Crippen molar-refractivity contribution in [2.24, 2.45) is 0 Å². The van der Waals surface area contributed by atoms with Gasteiger partial charge in [0.05, 0.1) is 5.41 Å². The fraction of sp³-hybridized carbons (Fsp3) is 0.529. The van der Waals surface area contributed by atoms with Gasteiger partial charge in [0.25, 0.3) is 0 Å². The Labute approximate surface area is 132 Å². The minimum Gasteiger partial charge on any atom is -0.444 e. The fourth-order valence-electron chi connectivity index (χ4n) is 2.25. The Morgan fingerprint density at radius 2 is 1.68 bits per heavy atom. The number of amides is 2. The molecule has 0 saturated heterocycles. The molecule has 0 aliphatic carbocycles. The molecule has 1 atom stereocenters. The van der Waals surface area contributed by atoms with E-state index >= 15 is 0 Å². The average molecular weight is 306 g/mol. The van der Waals surface area contributed by atoms with Crippen LogP contribution in [0.4, 0.5) is 4.79 Å². The van der Waals surface area contributed by atoms with Gasteiger partial charge >= 0.3 is 6.09 Å². The van der Waals surface area contributed by atoms with Gasteiger partial charge in [0.15, 0.2) is 0 Å². The molecule has 0 bridgehead atoms. The second-order valence-electron chi connectivity index (χ2n) is 6.61. The predicted octanol–water partition coefficient (Wildman–Crippen LogP) is 2.56. The number of rotatable bonds is 4. The lowest BCUT2D eigenvalue weighted by Crippen LogP contribution is -2.50. The molecule has 5 heteroatoms. The summed E-state index contributed by atoms with van der Waals surface area (Å²) in [5.41, 5.74) is -0.562. The number of nitrogens with zero attached hydrogens (tertiary/aromatic N) is 1. The maximum atomic E-state index is 12.4. The quantitative estimate of drug-likeness (QED) is 0.930. The summed E-state index contributed by atoms with van der Waals surface area (Å²) in [6, 6.07) is 9.43. The molecule has 22 heavy (non-hydrogen) atoms. The molecular weight excluding hydrogens is 280 g/mol. The van der Waals surface area contributed by atoms with E-state index in [2.05, 4.69) is 5.32 Å². The normalized spacial score (nSPS) is 13.9. The van der Waals surface area contributed by atoms with Crippen LogP contribution in [-0.4, -0.2) is 43.1 Å². The van der Waals surface area contributed by atoms with Gasteiger partial charge in [-0.2, -0.15) is 0 Å².